The van der Waals surface area contributed by atoms with Crippen molar-refractivity contribution in [3.63, 3.8) is 0 Å². The van der Waals surface area contributed by atoms with Crippen molar-refractivity contribution in [2.24, 2.45) is 17.8 Å². The lowest BCUT2D eigenvalue weighted by atomic mass is 9.78. The van der Waals surface area contributed by atoms with Crippen molar-refractivity contribution in [1.82, 2.24) is 0 Å². The minimum atomic E-state index is 0.925. The average Bonchev–Trinajstić information content (AvgIpc) is 1.82. The summed E-state index contributed by atoms with van der Waals surface area (Å²) in [4.78, 5) is 0. The van der Waals surface area contributed by atoms with Crippen molar-refractivity contribution in [3.8, 4) is 0 Å². The first-order valence-corrected chi connectivity index (χ1v) is 5.50. The van der Waals surface area contributed by atoms with Gasteiger partial charge in [0.15, 0.2) is 0 Å². The van der Waals surface area contributed by atoms with E-state index in [0.29, 0.717) is 0 Å². The third-order valence-corrected chi connectivity index (χ3v) is 5.09. The Morgan fingerprint density at radius 2 is 1.40 bits per heavy atom. The van der Waals surface area contributed by atoms with Crippen LogP contribution < -0.4 is 0 Å². The second kappa shape index (κ2) is 3.42. The highest BCUT2D eigenvalue weighted by Crippen LogP contribution is 2.37. The van der Waals surface area contributed by atoms with Gasteiger partial charge in [-0.15, -0.1) is 0 Å². The first kappa shape index (κ1) is 8.82. The van der Waals surface area contributed by atoms with E-state index in [-0.39, 0.29) is 0 Å². The van der Waals surface area contributed by atoms with Crippen LogP contribution in [0.1, 0.15) is 33.6 Å². The van der Waals surface area contributed by atoms with Gasteiger partial charge in [0.05, 0.1) is 0 Å². The molecule has 1 heteroatoms. The fourth-order valence-corrected chi connectivity index (χ4v) is 2.77. The van der Waals surface area contributed by atoms with Gasteiger partial charge in [0.25, 0.3) is 0 Å². The monoisotopic (exact) mass is 252 g/mol. The fourth-order valence-electron chi connectivity index (χ4n) is 2.19. The average molecular weight is 252 g/mol. The van der Waals surface area contributed by atoms with Gasteiger partial charge in [-0.1, -0.05) is 43.4 Å². The molecule has 60 valence electrons. The van der Waals surface area contributed by atoms with Crippen molar-refractivity contribution >= 4 is 22.6 Å². The van der Waals surface area contributed by atoms with Crippen molar-refractivity contribution < 1.29 is 0 Å². The topological polar surface area (TPSA) is 0 Å². The van der Waals surface area contributed by atoms with Crippen molar-refractivity contribution in [2.45, 2.75) is 37.5 Å². The minimum absolute atomic E-state index is 0.925. The number of hydrogen-bond acceptors (Lipinski definition) is 0. The zero-order valence-electron chi connectivity index (χ0n) is 7.10. The molecule has 0 heterocycles. The van der Waals surface area contributed by atoms with Crippen LogP contribution >= 0.6 is 22.6 Å². The molecule has 10 heavy (non-hydrogen) atoms. The second-order valence-electron chi connectivity index (χ2n) is 3.98. The van der Waals surface area contributed by atoms with Crippen molar-refractivity contribution in [2.75, 3.05) is 0 Å². The summed E-state index contributed by atoms with van der Waals surface area (Å²) in [5, 5.41) is 0. The Bertz CT molecular complexity index is 99.3. The molecule has 0 aliphatic heterocycles. The van der Waals surface area contributed by atoms with E-state index in [1.807, 2.05) is 0 Å². The maximum atomic E-state index is 2.62. The minimum Gasteiger partial charge on any atom is -0.0820 e. The molecule has 1 saturated carbocycles. The van der Waals surface area contributed by atoms with E-state index in [2.05, 4.69) is 43.4 Å². The second-order valence-corrected chi connectivity index (χ2v) is 5.41. The third kappa shape index (κ3) is 1.86. The lowest BCUT2D eigenvalue weighted by Crippen LogP contribution is -2.28. The molecule has 2 unspecified atom stereocenters. The van der Waals surface area contributed by atoms with Crippen LogP contribution in [0.25, 0.3) is 0 Å². The molecule has 0 saturated heterocycles. The zero-order valence-corrected chi connectivity index (χ0v) is 9.26. The third-order valence-electron chi connectivity index (χ3n) is 2.64. The van der Waals surface area contributed by atoms with E-state index in [4.69, 9.17) is 0 Å². The highest BCUT2D eigenvalue weighted by Gasteiger charge is 2.28. The lowest BCUT2D eigenvalue weighted by Gasteiger charge is -2.34. The largest absolute Gasteiger partial charge is 0.0820 e. The predicted molar refractivity (Wildman–Crippen MR) is 54.5 cm³/mol. The molecule has 0 bridgehead atoms. The van der Waals surface area contributed by atoms with Crippen LogP contribution in [0.2, 0.25) is 0 Å². The smallest absolute Gasteiger partial charge is 0.0161 e. The maximum Gasteiger partial charge on any atom is 0.0161 e. The van der Waals surface area contributed by atoms with Gasteiger partial charge in [0.1, 0.15) is 0 Å². The molecule has 1 rings (SSSR count). The van der Waals surface area contributed by atoms with Crippen molar-refractivity contribution in [1.29, 1.82) is 0 Å². The van der Waals surface area contributed by atoms with Gasteiger partial charge < -0.3 is 0 Å². The van der Waals surface area contributed by atoms with Gasteiger partial charge in [-0.2, -0.15) is 0 Å². The molecule has 0 aromatic rings. The molecule has 1 aliphatic carbocycles. The molecule has 0 aromatic heterocycles. The standard InChI is InChI=1S/C9H17I/c1-6-4-7(2)9(10)8(3)5-6/h6-9H,4-5H2,1-3H3. The van der Waals surface area contributed by atoms with Gasteiger partial charge in [-0.3, -0.25) is 0 Å². The molecule has 0 amide bonds. The zero-order chi connectivity index (χ0) is 7.72. The normalized spacial score (nSPS) is 49.2. The molecule has 1 aliphatic rings. The molecular weight excluding hydrogens is 235 g/mol. The molecular formula is C9H17I. The summed E-state index contributed by atoms with van der Waals surface area (Å²) in [7, 11) is 0. The number of rotatable bonds is 0. The molecule has 0 N–H and O–H groups in total. The molecule has 0 nitrogen and oxygen atoms in total. The summed E-state index contributed by atoms with van der Waals surface area (Å²) < 4.78 is 0.925. The van der Waals surface area contributed by atoms with Gasteiger partial charge in [-0.05, 0) is 30.6 Å². The van der Waals surface area contributed by atoms with E-state index in [1.54, 1.807) is 0 Å². The van der Waals surface area contributed by atoms with Crippen LogP contribution in [0.3, 0.4) is 0 Å². The Kier molecular flexibility index (Phi) is 3.02. The summed E-state index contributed by atoms with van der Waals surface area (Å²) in [6.45, 7) is 7.17. The number of halogens is 1. The lowest BCUT2D eigenvalue weighted by molar-refractivity contribution is 0.252. The Morgan fingerprint density at radius 3 is 1.80 bits per heavy atom. The van der Waals surface area contributed by atoms with Gasteiger partial charge in [0.2, 0.25) is 0 Å². The fraction of sp³-hybridized carbons (Fsp3) is 1.00. The van der Waals surface area contributed by atoms with Crippen LogP contribution in [0.15, 0.2) is 0 Å². The van der Waals surface area contributed by atoms with E-state index in [9.17, 15) is 0 Å². The van der Waals surface area contributed by atoms with Crippen LogP contribution in [-0.4, -0.2) is 3.92 Å². The Balaban J connectivity index is 2.49. The summed E-state index contributed by atoms with van der Waals surface area (Å²) in [6, 6.07) is 0. The molecule has 0 spiro atoms. The molecule has 2 atom stereocenters. The van der Waals surface area contributed by atoms with Crippen LogP contribution in [0.5, 0.6) is 0 Å². The molecule has 1 fully saturated rings. The van der Waals surface area contributed by atoms with Crippen molar-refractivity contribution in [3.05, 3.63) is 0 Å². The van der Waals surface area contributed by atoms with Crippen LogP contribution in [0, 0.1) is 17.8 Å². The van der Waals surface area contributed by atoms with E-state index in [1.165, 1.54) is 12.8 Å². The summed E-state index contributed by atoms with van der Waals surface area (Å²) in [5.41, 5.74) is 0. The van der Waals surface area contributed by atoms with Crippen LogP contribution in [-0.2, 0) is 0 Å². The highest BCUT2D eigenvalue weighted by atomic mass is 127. The number of hydrogen-bond donors (Lipinski definition) is 0. The highest BCUT2D eigenvalue weighted by molar-refractivity contribution is 14.1. The quantitative estimate of drug-likeness (QED) is 0.457. The summed E-state index contributed by atoms with van der Waals surface area (Å²) in [6.07, 6.45) is 2.88. The van der Waals surface area contributed by atoms with E-state index >= 15 is 0 Å². The van der Waals surface area contributed by atoms with Gasteiger partial charge >= 0.3 is 0 Å². The van der Waals surface area contributed by atoms with Gasteiger partial charge in [0, 0.05) is 3.92 Å². The van der Waals surface area contributed by atoms with Crippen LogP contribution in [0.4, 0.5) is 0 Å². The summed E-state index contributed by atoms with van der Waals surface area (Å²) >= 11 is 2.62. The molecule has 0 radical (unpaired) electrons. The van der Waals surface area contributed by atoms with E-state index < -0.39 is 0 Å². The Hall–Kier alpha value is 0.730. The van der Waals surface area contributed by atoms with E-state index in [0.717, 1.165) is 21.7 Å². The first-order valence-electron chi connectivity index (χ1n) is 4.25. The predicted octanol–water partition coefficient (Wildman–Crippen LogP) is 3.49. The SMILES string of the molecule is CC1CC(C)C(I)C(C)C1. The Morgan fingerprint density at radius 1 is 1.00 bits per heavy atom. The Labute approximate surface area is 77.9 Å². The van der Waals surface area contributed by atoms with Gasteiger partial charge in [-0.25, -0.2) is 0 Å². The first-order chi connectivity index (χ1) is 4.61. The summed E-state index contributed by atoms with van der Waals surface area (Å²) in [5.74, 6) is 2.86. The number of alkyl halides is 1. The molecule has 0 aromatic carbocycles. The maximum absolute atomic E-state index is 2.62.